The van der Waals surface area contributed by atoms with Crippen molar-refractivity contribution in [3.8, 4) is 22.5 Å². The number of benzene rings is 2. The SMILES string of the molecule is CCN(CC)c1nc(C)nc2ccc(-c3ccc(F)cc3)nc12.Cc1nc(Cl)c2nc(-c3ccc(F)cc3)ccc2n1. The van der Waals surface area contributed by atoms with E-state index in [9.17, 15) is 8.78 Å². The predicted octanol–water partition coefficient (Wildman–Crippen LogP) is 7.78. The topological polar surface area (TPSA) is 80.6 Å². The van der Waals surface area contributed by atoms with Gasteiger partial charge in [-0.15, -0.1) is 0 Å². The summed E-state index contributed by atoms with van der Waals surface area (Å²) in [6.45, 7) is 9.56. The van der Waals surface area contributed by atoms with Crippen molar-refractivity contribution in [2.75, 3.05) is 18.0 Å². The van der Waals surface area contributed by atoms with Gasteiger partial charge < -0.3 is 4.90 Å². The normalized spacial score (nSPS) is 10.9. The highest BCUT2D eigenvalue weighted by Gasteiger charge is 2.14. The summed E-state index contributed by atoms with van der Waals surface area (Å²) in [4.78, 5) is 28.8. The summed E-state index contributed by atoms with van der Waals surface area (Å²) < 4.78 is 26.0. The van der Waals surface area contributed by atoms with Crippen molar-refractivity contribution >= 4 is 39.5 Å². The lowest BCUT2D eigenvalue weighted by atomic mass is 10.1. The number of anilines is 1. The lowest BCUT2D eigenvalue weighted by molar-refractivity contribution is 0.627. The average molecular weight is 584 g/mol. The second kappa shape index (κ2) is 12.5. The van der Waals surface area contributed by atoms with Gasteiger partial charge in [0, 0.05) is 24.2 Å². The molecule has 0 N–H and O–H groups in total. The molecule has 0 aliphatic rings. The molecular formula is C32H28ClF2N7. The highest BCUT2D eigenvalue weighted by atomic mass is 35.5. The highest BCUT2D eigenvalue weighted by Crippen LogP contribution is 2.27. The van der Waals surface area contributed by atoms with Gasteiger partial charge >= 0.3 is 0 Å². The van der Waals surface area contributed by atoms with Gasteiger partial charge in [0.1, 0.15) is 34.3 Å². The van der Waals surface area contributed by atoms with Crippen molar-refractivity contribution in [3.05, 3.63) is 101 Å². The first-order valence-electron chi connectivity index (χ1n) is 13.5. The molecular weight excluding hydrogens is 556 g/mol. The number of hydrogen-bond acceptors (Lipinski definition) is 7. The number of halogens is 3. The number of fused-ring (bicyclic) bond motifs is 2. The summed E-state index contributed by atoms with van der Waals surface area (Å²) in [5, 5.41) is 0.325. The molecule has 4 heterocycles. The zero-order valence-electron chi connectivity index (χ0n) is 23.6. The monoisotopic (exact) mass is 583 g/mol. The van der Waals surface area contributed by atoms with E-state index in [-0.39, 0.29) is 11.6 Å². The van der Waals surface area contributed by atoms with E-state index in [1.807, 2.05) is 31.2 Å². The van der Waals surface area contributed by atoms with Gasteiger partial charge in [0.05, 0.1) is 22.4 Å². The highest BCUT2D eigenvalue weighted by molar-refractivity contribution is 6.33. The Morgan fingerprint density at radius 1 is 0.571 bits per heavy atom. The van der Waals surface area contributed by atoms with Crippen LogP contribution >= 0.6 is 11.6 Å². The van der Waals surface area contributed by atoms with Crippen LogP contribution in [0.4, 0.5) is 14.6 Å². The molecule has 0 unspecified atom stereocenters. The fraction of sp³-hybridized carbons (Fsp3) is 0.188. The van der Waals surface area contributed by atoms with Gasteiger partial charge in [-0.25, -0.2) is 38.7 Å². The van der Waals surface area contributed by atoms with Crippen LogP contribution < -0.4 is 4.90 Å². The second-order valence-corrected chi connectivity index (χ2v) is 9.83. The third-order valence-electron chi connectivity index (χ3n) is 6.59. The maximum atomic E-state index is 13.1. The fourth-order valence-electron chi connectivity index (χ4n) is 4.51. The minimum atomic E-state index is -0.276. The molecule has 0 bridgehead atoms. The Bertz CT molecular complexity index is 1860. The quantitative estimate of drug-likeness (QED) is 0.192. The molecule has 7 nitrogen and oxygen atoms in total. The van der Waals surface area contributed by atoms with Crippen LogP contribution in [-0.2, 0) is 0 Å². The van der Waals surface area contributed by atoms with E-state index in [1.54, 1.807) is 31.2 Å². The Morgan fingerprint density at radius 2 is 1.02 bits per heavy atom. The largest absolute Gasteiger partial charge is 0.355 e. The molecule has 212 valence electrons. The maximum Gasteiger partial charge on any atom is 0.159 e. The van der Waals surface area contributed by atoms with E-state index < -0.39 is 0 Å². The first-order valence-corrected chi connectivity index (χ1v) is 13.9. The van der Waals surface area contributed by atoms with Crippen molar-refractivity contribution in [3.63, 3.8) is 0 Å². The molecule has 0 radical (unpaired) electrons. The number of pyridine rings is 2. The molecule has 0 saturated heterocycles. The number of aryl methyl sites for hydroxylation is 2. The summed E-state index contributed by atoms with van der Waals surface area (Å²) in [6, 6.07) is 20.0. The summed E-state index contributed by atoms with van der Waals surface area (Å²) in [5.74, 6) is 1.66. The lowest BCUT2D eigenvalue weighted by Gasteiger charge is -2.21. The molecule has 4 aromatic heterocycles. The van der Waals surface area contributed by atoms with Gasteiger partial charge in [0.25, 0.3) is 0 Å². The maximum absolute atomic E-state index is 13.1. The third-order valence-corrected chi connectivity index (χ3v) is 6.85. The van der Waals surface area contributed by atoms with Gasteiger partial charge in [-0.2, -0.15) is 0 Å². The van der Waals surface area contributed by atoms with Crippen LogP contribution in [0.1, 0.15) is 25.5 Å². The Kier molecular flexibility index (Phi) is 8.59. The van der Waals surface area contributed by atoms with E-state index >= 15 is 0 Å². The summed E-state index contributed by atoms with van der Waals surface area (Å²) in [5.41, 5.74) is 6.04. The second-order valence-electron chi connectivity index (χ2n) is 9.47. The molecule has 0 atom stereocenters. The zero-order valence-corrected chi connectivity index (χ0v) is 24.4. The van der Waals surface area contributed by atoms with Gasteiger partial charge in [-0.1, -0.05) is 11.6 Å². The Labute approximate surface area is 247 Å². The Hall–Kier alpha value is -4.63. The van der Waals surface area contributed by atoms with Crippen LogP contribution in [-0.4, -0.2) is 43.0 Å². The van der Waals surface area contributed by atoms with Gasteiger partial charge in [-0.05, 0) is 100 Å². The average Bonchev–Trinajstić information content (AvgIpc) is 2.98. The van der Waals surface area contributed by atoms with Crippen LogP contribution in [0.5, 0.6) is 0 Å². The fourth-order valence-corrected chi connectivity index (χ4v) is 4.77. The molecule has 6 aromatic rings. The number of nitrogens with zero attached hydrogens (tertiary/aromatic N) is 7. The first kappa shape index (κ1) is 28.9. The molecule has 0 aliphatic heterocycles. The van der Waals surface area contributed by atoms with Crippen molar-refractivity contribution in [1.29, 1.82) is 0 Å². The molecule has 6 rings (SSSR count). The summed E-state index contributed by atoms with van der Waals surface area (Å²) in [7, 11) is 0. The zero-order chi connectivity index (χ0) is 29.8. The van der Waals surface area contributed by atoms with Crippen LogP contribution in [0.15, 0.2) is 72.8 Å². The number of rotatable bonds is 5. The number of aromatic nitrogens is 6. The lowest BCUT2D eigenvalue weighted by Crippen LogP contribution is -2.24. The Balaban J connectivity index is 0.000000171. The number of hydrogen-bond donors (Lipinski definition) is 0. The van der Waals surface area contributed by atoms with E-state index in [0.717, 1.165) is 52.6 Å². The van der Waals surface area contributed by atoms with Crippen LogP contribution in [0.3, 0.4) is 0 Å². The Morgan fingerprint density at radius 3 is 1.52 bits per heavy atom. The molecule has 10 heteroatoms. The molecule has 0 amide bonds. The molecule has 0 spiro atoms. The van der Waals surface area contributed by atoms with E-state index in [4.69, 9.17) is 16.6 Å². The van der Waals surface area contributed by atoms with Crippen LogP contribution in [0.2, 0.25) is 5.15 Å². The molecule has 0 aliphatic carbocycles. The minimum Gasteiger partial charge on any atom is -0.355 e. The third kappa shape index (κ3) is 6.31. The molecule has 42 heavy (non-hydrogen) atoms. The summed E-state index contributed by atoms with van der Waals surface area (Å²) in [6.07, 6.45) is 0. The van der Waals surface area contributed by atoms with E-state index in [2.05, 4.69) is 43.7 Å². The summed E-state index contributed by atoms with van der Waals surface area (Å²) >= 11 is 6.07. The van der Waals surface area contributed by atoms with Crippen molar-refractivity contribution in [2.45, 2.75) is 27.7 Å². The van der Waals surface area contributed by atoms with Gasteiger partial charge in [0.15, 0.2) is 11.0 Å². The molecule has 0 saturated carbocycles. The van der Waals surface area contributed by atoms with Gasteiger partial charge in [-0.3, -0.25) is 0 Å². The van der Waals surface area contributed by atoms with Gasteiger partial charge in [0.2, 0.25) is 0 Å². The first-order chi connectivity index (χ1) is 20.2. The van der Waals surface area contributed by atoms with Crippen molar-refractivity contribution in [2.24, 2.45) is 0 Å². The molecule has 2 aromatic carbocycles. The van der Waals surface area contributed by atoms with Crippen LogP contribution in [0.25, 0.3) is 44.6 Å². The molecule has 0 fully saturated rings. The predicted molar refractivity (Wildman–Crippen MR) is 163 cm³/mol. The smallest absolute Gasteiger partial charge is 0.159 e. The van der Waals surface area contributed by atoms with E-state index in [0.29, 0.717) is 27.7 Å². The minimum absolute atomic E-state index is 0.252. The van der Waals surface area contributed by atoms with Crippen LogP contribution in [0, 0.1) is 25.5 Å². The van der Waals surface area contributed by atoms with E-state index in [1.165, 1.54) is 24.3 Å². The van der Waals surface area contributed by atoms with Crippen molar-refractivity contribution < 1.29 is 8.78 Å². The standard InChI is InChI=1S/C18H19FN4.C14H9ClFN3/c1-4-23(5-2)18-17-16(20-12(3)21-18)11-10-15(22-17)13-6-8-14(19)9-7-13;1-8-17-12-7-6-11(19-13(12)14(15)18-8)9-2-4-10(16)5-3-9/h6-11H,4-5H2,1-3H3;2-7H,1H3. The van der Waals surface area contributed by atoms with Crippen molar-refractivity contribution in [1.82, 2.24) is 29.9 Å².